The molecule has 1 aliphatic rings. The van der Waals surface area contributed by atoms with Crippen LogP contribution in [0, 0.1) is 12.8 Å². The molecule has 0 fully saturated rings. The van der Waals surface area contributed by atoms with Gasteiger partial charge >= 0.3 is 0 Å². The Morgan fingerprint density at radius 1 is 1.52 bits per heavy atom. The lowest BCUT2D eigenvalue weighted by atomic mass is 9.93. The van der Waals surface area contributed by atoms with E-state index in [4.69, 9.17) is 5.73 Å². The van der Waals surface area contributed by atoms with Crippen molar-refractivity contribution in [1.29, 1.82) is 0 Å². The maximum atomic E-state index is 11.3. The summed E-state index contributed by atoms with van der Waals surface area (Å²) in [5.74, 6) is -0.116. The summed E-state index contributed by atoms with van der Waals surface area (Å²) in [6.45, 7) is 5.62. The molecule has 23 heavy (non-hydrogen) atoms. The number of aliphatic imine (C=N–C) groups is 1. The fourth-order valence-corrected chi connectivity index (χ4v) is 2.33. The summed E-state index contributed by atoms with van der Waals surface area (Å²) in [6.07, 6.45) is 0.769. The summed E-state index contributed by atoms with van der Waals surface area (Å²) in [7, 11) is 0. The zero-order chi connectivity index (χ0) is 17.0. The molecule has 0 saturated heterocycles. The van der Waals surface area contributed by atoms with Gasteiger partial charge < -0.3 is 5.73 Å². The van der Waals surface area contributed by atoms with Crippen molar-refractivity contribution in [3.05, 3.63) is 29.3 Å². The third-order valence-corrected chi connectivity index (χ3v) is 3.58. The topological polar surface area (TPSA) is 109 Å². The van der Waals surface area contributed by atoms with E-state index < -0.39 is 0 Å². The maximum Gasteiger partial charge on any atom is 0.240 e. The minimum absolute atomic E-state index is 0.0615. The molecule has 4 N–H and O–H groups in total. The number of benzene rings is 1. The van der Waals surface area contributed by atoms with Gasteiger partial charge in [-0.1, -0.05) is 19.9 Å². The third kappa shape index (κ3) is 4.15. The Hall–Kier alpha value is -2.70. The van der Waals surface area contributed by atoms with Crippen molar-refractivity contribution in [2.45, 2.75) is 33.6 Å². The molecule has 1 heterocycles. The molecule has 1 atom stereocenters. The number of hydrogen-bond acceptors (Lipinski definition) is 4. The number of rotatable bonds is 3. The summed E-state index contributed by atoms with van der Waals surface area (Å²) in [5.41, 5.74) is 11.6. The zero-order valence-electron chi connectivity index (χ0n) is 13.5. The number of carbonyl (C=O) groups is 2. The average molecular weight is 315 g/mol. The Morgan fingerprint density at radius 3 is 2.87 bits per heavy atom. The van der Waals surface area contributed by atoms with Gasteiger partial charge in [0.05, 0.1) is 11.4 Å². The van der Waals surface area contributed by atoms with E-state index in [1.807, 2.05) is 32.0 Å². The highest BCUT2D eigenvalue weighted by Crippen LogP contribution is 2.23. The fraction of sp³-hybridized carbons (Fsp3) is 0.375. The highest BCUT2D eigenvalue weighted by Gasteiger charge is 2.21. The molecule has 1 aromatic carbocycles. The van der Waals surface area contributed by atoms with Gasteiger partial charge in [0.2, 0.25) is 17.8 Å². The smallest absolute Gasteiger partial charge is 0.240 e. The normalized spacial score (nSPS) is 18.2. The van der Waals surface area contributed by atoms with Crippen LogP contribution in [0.4, 0.5) is 5.69 Å². The molecule has 0 saturated carbocycles. The van der Waals surface area contributed by atoms with E-state index in [0.717, 1.165) is 16.8 Å². The van der Waals surface area contributed by atoms with Gasteiger partial charge in [-0.25, -0.2) is 10.4 Å². The predicted molar refractivity (Wildman–Crippen MR) is 89.4 cm³/mol. The van der Waals surface area contributed by atoms with Crippen LogP contribution in [0.5, 0.6) is 0 Å². The van der Waals surface area contributed by atoms with Crippen molar-refractivity contribution in [3.63, 3.8) is 0 Å². The standard InChI is InChI=1S/C16H21N5O2/c1-4-13(22)19-16(17)18-12-6-5-11(7-9(12)2)15-10(3)8-14(23)20-21-15/h5-7,10H,4,8H2,1-3H3,(H,20,23)(H3,17,18,19,22). The number of nitrogens with one attached hydrogen (secondary N) is 2. The molecule has 0 aromatic heterocycles. The van der Waals surface area contributed by atoms with E-state index in [1.54, 1.807) is 6.92 Å². The molecule has 1 unspecified atom stereocenters. The Balaban J connectivity index is 2.23. The van der Waals surface area contributed by atoms with Gasteiger partial charge in [-0.3, -0.25) is 14.9 Å². The molecule has 0 aliphatic carbocycles. The summed E-state index contributed by atoms with van der Waals surface area (Å²) < 4.78 is 0. The Labute approximate surface area is 135 Å². The lowest BCUT2D eigenvalue weighted by molar-refractivity contribution is -0.122. The van der Waals surface area contributed by atoms with Crippen molar-refractivity contribution in [1.82, 2.24) is 10.7 Å². The monoisotopic (exact) mass is 315 g/mol. The second-order valence-electron chi connectivity index (χ2n) is 5.54. The number of nitrogens with zero attached hydrogens (tertiary/aromatic N) is 2. The van der Waals surface area contributed by atoms with Crippen LogP contribution in [0.3, 0.4) is 0 Å². The third-order valence-electron chi connectivity index (χ3n) is 3.58. The van der Waals surface area contributed by atoms with Gasteiger partial charge in [0.25, 0.3) is 0 Å². The van der Waals surface area contributed by atoms with Crippen LogP contribution in [-0.2, 0) is 9.59 Å². The van der Waals surface area contributed by atoms with E-state index in [0.29, 0.717) is 18.5 Å². The first kappa shape index (κ1) is 16.7. The fourth-order valence-electron chi connectivity index (χ4n) is 2.33. The molecule has 7 heteroatoms. The van der Waals surface area contributed by atoms with Gasteiger partial charge in [-0.15, -0.1) is 0 Å². The van der Waals surface area contributed by atoms with Gasteiger partial charge in [0.15, 0.2) is 0 Å². The van der Waals surface area contributed by atoms with Crippen LogP contribution >= 0.6 is 0 Å². The molecule has 0 bridgehead atoms. The largest absolute Gasteiger partial charge is 0.369 e. The number of amides is 2. The quantitative estimate of drug-likeness (QED) is 0.578. The molecule has 0 spiro atoms. The van der Waals surface area contributed by atoms with Crippen LogP contribution in [0.25, 0.3) is 0 Å². The van der Waals surface area contributed by atoms with Crippen molar-refractivity contribution < 1.29 is 9.59 Å². The van der Waals surface area contributed by atoms with Crippen molar-refractivity contribution >= 4 is 29.2 Å². The Kier molecular flexibility index (Phi) is 5.10. The lowest BCUT2D eigenvalue weighted by Gasteiger charge is -2.19. The summed E-state index contributed by atoms with van der Waals surface area (Å²) >= 11 is 0. The van der Waals surface area contributed by atoms with Gasteiger partial charge in [-0.05, 0) is 30.2 Å². The lowest BCUT2D eigenvalue weighted by Crippen LogP contribution is -2.36. The first-order valence-electron chi connectivity index (χ1n) is 7.52. The molecule has 2 rings (SSSR count). The summed E-state index contributed by atoms with van der Waals surface area (Å²) in [6, 6.07) is 5.65. The zero-order valence-corrected chi connectivity index (χ0v) is 13.5. The van der Waals surface area contributed by atoms with E-state index in [2.05, 4.69) is 20.8 Å². The number of carbonyl (C=O) groups excluding carboxylic acids is 2. The minimum atomic E-state index is -0.179. The molecular formula is C16H21N5O2. The molecule has 1 aliphatic heterocycles. The highest BCUT2D eigenvalue weighted by atomic mass is 16.2. The van der Waals surface area contributed by atoms with Crippen LogP contribution in [0.2, 0.25) is 0 Å². The van der Waals surface area contributed by atoms with E-state index in [1.165, 1.54) is 0 Å². The average Bonchev–Trinajstić information content (AvgIpc) is 2.49. The highest BCUT2D eigenvalue weighted by molar-refractivity contribution is 6.06. The number of nitrogens with two attached hydrogens (primary N) is 1. The molecule has 7 nitrogen and oxygen atoms in total. The number of aryl methyl sites for hydroxylation is 1. The summed E-state index contributed by atoms with van der Waals surface area (Å²) in [4.78, 5) is 26.8. The second-order valence-corrected chi connectivity index (χ2v) is 5.54. The molecule has 2 amide bonds. The van der Waals surface area contributed by atoms with Crippen molar-refractivity contribution in [3.8, 4) is 0 Å². The summed E-state index contributed by atoms with van der Waals surface area (Å²) in [5, 5.41) is 6.66. The predicted octanol–water partition coefficient (Wildman–Crippen LogP) is 1.33. The molecule has 122 valence electrons. The van der Waals surface area contributed by atoms with Crippen LogP contribution in [0.15, 0.2) is 28.3 Å². The first-order valence-corrected chi connectivity index (χ1v) is 7.52. The van der Waals surface area contributed by atoms with Crippen molar-refractivity contribution in [2.24, 2.45) is 21.7 Å². The van der Waals surface area contributed by atoms with Crippen LogP contribution < -0.4 is 16.5 Å². The second kappa shape index (κ2) is 7.04. The molecule has 1 aromatic rings. The SMILES string of the molecule is CCC(=O)NC(N)=Nc1ccc(C2=NNC(=O)CC2C)cc1C. The minimum Gasteiger partial charge on any atom is -0.369 e. The van der Waals surface area contributed by atoms with E-state index in [-0.39, 0.29) is 23.7 Å². The number of hydrogen-bond donors (Lipinski definition) is 3. The van der Waals surface area contributed by atoms with Gasteiger partial charge in [0.1, 0.15) is 0 Å². The first-order chi connectivity index (χ1) is 10.9. The van der Waals surface area contributed by atoms with E-state index in [9.17, 15) is 9.59 Å². The van der Waals surface area contributed by atoms with E-state index >= 15 is 0 Å². The number of hydrazone groups is 1. The Morgan fingerprint density at radius 2 is 2.26 bits per heavy atom. The molecule has 0 radical (unpaired) electrons. The van der Waals surface area contributed by atoms with Crippen molar-refractivity contribution in [2.75, 3.05) is 0 Å². The van der Waals surface area contributed by atoms with Gasteiger partial charge in [0, 0.05) is 18.8 Å². The Bertz CT molecular complexity index is 694. The van der Waals surface area contributed by atoms with Crippen LogP contribution in [0.1, 0.15) is 37.8 Å². The molecular weight excluding hydrogens is 294 g/mol. The number of guanidine groups is 1. The maximum absolute atomic E-state index is 11.3. The van der Waals surface area contributed by atoms with Crippen LogP contribution in [-0.4, -0.2) is 23.5 Å². The van der Waals surface area contributed by atoms with Gasteiger partial charge in [-0.2, -0.15) is 5.10 Å².